The molecule has 1 heterocycles. The molecule has 2 saturated carbocycles. The van der Waals surface area contributed by atoms with Crippen LogP contribution in [0.1, 0.15) is 38.5 Å². The van der Waals surface area contributed by atoms with E-state index in [0.29, 0.717) is 0 Å². The fourth-order valence-electron chi connectivity index (χ4n) is 4.07. The second kappa shape index (κ2) is 4.36. The number of amides is 1. The van der Waals surface area contributed by atoms with Crippen LogP contribution in [0.15, 0.2) is 0 Å². The van der Waals surface area contributed by atoms with Gasteiger partial charge in [0.2, 0.25) is 5.91 Å². The van der Waals surface area contributed by atoms with Gasteiger partial charge in [-0.25, -0.2) is 0 Å². The van der Waals surface area contributed by atoms with Crippen LogP contribution >= 0.6 is 0 Å². The Labute approximate surface area is 120 Å². The lowest BCUT2D eigenvalue weighted by Crippen LogP contribution is -2.48. The molecule has 1 aliphatic heterocycles. The third-order valence-corrected chi connectivity index (χ3v) is 5.62. The molecule has 3 fully saturated rings. The van der Waals surface area contributed by atoms with Crippen molar-refractivity contribution >= 4 is 11.9 Å². The first-order valence-corrected chi connectivity index (χ1v) is 7.31. The molecule has 21 heavy (non-hydrogen) atoms. The van der Waals surface area contributed by atoms with E-state index in [1.54, 1.807) is 0 Å². The largest absolute Gasteiger partial charge is 0.481 e. The second-order valence-corrected chi connectivity index (χ2v) is 6.72. The van der Waals surface area contributed by atoms with Crippen LogP contribution in [0.5, 0.6) is 0 Å². The monoisotopic (exact) mass is 305 g/mol. The highest BCUT2D eigenvalue weighted by Gasteiger charge is 2.66. The Morgan fingerprint density at radius 1 is 1.14 bits per heavy atom. The smallest absolute Gasteiger partial charge is 0.406 e. The minimum atomic E-state index is -4.83. The van der Waals surface area contributed by atoms with E-state index in [1.807, 2.05) is 0 Å². The summed E-state index contributed by atoms with van der Waals surface area (Å²) in [5.41, 5.74) is -2.77. The highest BCUT2D eigenvalue weighted by atomic mass is 19.4. The van der Waals surface area contributed by atoms with E-state index in [9.17, 15) is 22.8 Å². The fourth-order valence-corrected chi connectivity index (χ4v) is 4.07. The normalized spacial score (nSPS) is 34.4. The lowest BCUT2D eigenvalue weighted by molar-refractivity contribution is -0.227. The lowest BCUT2D eigenvalue weighted by atomic mass is 9.86. The van der Waals surface area contributed by atoms with Crippen molar-refractivity contribution in [3.8, 4) is 0 Å². The highest BCUT2D eigenvalue weighted by molar-refractivity contribution is 5.85. The first kappa shape index (κ1) is 14.7. The van der Waals surface area contributed by atoms with Gasteiger partial charge in [0, 0.05) is 19.0 Å². The molecule has 0 bridgehead atoms. The number of carboxylic acid groups (broad SMARTS) is 1. The van der Waals surface area contributed by atoms with Gasteiger partial charge >= 0.3 is 12.1 Å². The van der Waals surface area contributed by atoms with Crippen molar-refractivity contribution in [3.05, 3.63) is 0 Å². The number of alkyl halides is 3. The van der Waals surface area contributed by atoms with Gasteiger partial charge in [0.15, 0.2) is 5.41 Å². The first-order valence-electron chi connectivity index (χ1n) is 7.31. The zero-order chi connectivity index (χ0) is 15.5. The van der Waals surface area contributed by atoms with Gasteiger partial charge in [-0.3, -0.25) is 9.59 Å². The number of halogens is 3. The van der Waals surface area contributed by atoms with Crippen molar-refractivity contribution in [1.29, 1.82) is 0 Å². The molecule has 7 heteroatoms. The molecule has 1 amide bonds. The average molecular weight is 305 g/mol. The minimum Gasteiger partial charge on any atom is -0.481 e. The molecule has 2 aliphatic carbocycles. The second-order valence-electron chi connectivity index (χ2n) is 6.72. The fraction of sp³-hybridized carbons (Fsp3) is 0.857. The molecule has 0 aromatic heterocycles. The van der Waals surface area contributed by atoms with Crippen molar-refractivity contribution in [2.45, 2.75) is 44.7 Å². The zero-order valence-electron chi connectivity index (χ0n) is 11.6. The molecule has 1 spiro atoms. The third-order valence-electron chi connectivity index (χ3n) is 5.62. The number of likely N-dealkylation sites (tertiary alicyclic amines) is 1. The Morgan fingerprint density at radius 2 is 1.76 bits per heavy atom. The number of carbonyl (C=O) groups is 2. The molecule has 3 aliphatic rings. The third kappa shape index (κ3) is 2.04. The first-order chi connectivity index (χ1) is 9.72. The van der Waals surface area contributed by atoms with Gasteiger partial charge in [-0.15, -0.1) is 0 Å². The van der Waals surface area contributed by atoms with Gasteiger partial charge in [-0.2, -0.15) is 13.2 Å². The van der Waals surface area contributed by atoms with Crippen LogP contribution in [0.4, 0.5) is 13.2 Å². The molecular weight excluding hydrogens is 287 g/mol. The van der Waals surface area contributed by atoms with Gasteiger partial charge in [0.25, 0.3) is 0 Å². The Kier molecular flexibility index (Phi) is 3.05. The molecule has 2 unspecified atom stereocenters. The number of aliphatic carboxylic acids is 1. The highest BCUT2D eigenvalue weighted by Crippen LogP contribution is 2.63. The van der Waals surface area contributed by atoms with Crippen molar-refractivity contribution < 1.29 is 27.9 Å². The predicted octanol–water partition coefficient (Wildman–Crippen LogP) is 2.43. The van der Waals surface area contributed by atoms with Crippen molar-refractivity contribution in [2.75, 3.05) is 13.1 Å². The number of carboxylic acids is 1. The summed E-state index contributed by atoms with van der Waals surface area (Å²) in [6, 6.07) is 0. The summed E-state index contributed by atoms with van der Waals surface area (Å²) in [4.78, 5) is 24.6. The molecule has 0 aromatic rings. The predicted molar refractivity (Wildman–Crippen MR) is 66.3 cm³/mol. The van der Waals surface area contributed by atoms with Crippen molar-refractivity contribution in [2.24, 2.45) is 16.7 Å². The topological polar surface area (TPSA) is 57.6 Å². The van der Waals surface area contributed by atoms with Crippen LogP contribution < -0.4 is 0 Å². The summed E-state index contributed by atoms with van der Waals surface area (Å²) in [6.07, 6.45) is -0.522. The number of hydrogen-bond donors (Lipinski definition) is 1. The van der Waals surface area contributed by atoms with Gasteiger partial charge in [-0.1, -0.05) is 12.8 Å². The molecule has 4 nitrogen and oxygen atoms in total. The van der Waals surface area contributed by atoms with Crippen LogP contribution in [-0.4, -0.2) is 41.1 Å². The van der Waals surface area contributed by atoms with E-state index in [-0.39, 0.29) is 23.8 Å². The Morgan fingerprint density at radius 3 is 2.24 bits per heavy atom. The molecular formula is C14H18F3NO3. The zero-order valence-corrected chi connectivity index (χ0v) is 11.6. The SMILES string of the molecule is O=C(C1CC12CCCC2)N1CCC(C(=O)O)(C(F)(F)F)C1. The summed E-state index contributed by atoms with van der Waals surface area (Å²) in [5, 5.41) is 9.00. The maximum atomic E-state index is 13.1. The van der Waals surface area contributed by atoms with E-state index in [0.717, 1.165) is 37.0 Å². The maximum absolute atomic E-state index is 13.1. The van der Waals surface area contributed by atoms with Gasteiger partial charge in [0.05, 0.1) is 0 Å². The molecule has 2 atom stereocenters. The van der Waals surface area contributed by atoms with Crippen LogP contribution in [-0.2, 0) is 9.59 Å². The number of nitrogens with zero attached hydrogens (tertiary/aromatic N) is 1. The lowest BCUT2D eigenvalue weighted by Gasteiger charge is -2.27. The molecule has 1 N–H and O–H groups in total. The van der Waals surface area contributed by atoms with Crippen LogP contribution in [0.2, 0.25) is 0 Å². The molecule has 0 aromatic carbocycles. The average Bonchev–Trinajstić information content (AvgIpc) is 2.79. The van der Waals surface area contributed by atoms with Crippen LogP contribution in [0.25, 0.3) is 0 Å². The quantitative estimate of drug-likeness (QED) is 0.852. The van der Waals surface area contributed by atoms with E-state index < -0.39 is 30.5 Å². The summed E-state index contributed by atoms with van der Waals surface area (Å²) >= 11 is 0. The van der Waals surface area contributed by atoms with E-state index >= 15 is 0 Å². The Bertz CT molecular complexity index is 484. The van der Waals surface area contributed by atoms with Gasteiger partial charge in [0.1, 0.15) is 0 Å². The number of carbonyl (C=O) groups excluding carboxylic acids is 1. The van der Waals surface area contributed by atoms with Crippen molar-refractivity contribution in [1.82, 2.24) is 4.90 Å². The molecule has 1 saturated heterocycles. The van der Waals surface area contributed by atoms with Crippen LogP contribution in [0.3, 0.4) is 0 Å². The van der Waals surface area contributed by atoms with E-state index in [2.05, 4.69) is 0 Å². The Balaban J connectivity index is 1.72. The summed E-state index contributed by atoms with van der Waals surface area (Å²) in [5.74, 6) is -2.33. The summed E-state index contributed by atoms with van der Waals surface area (Å²) in [6.45, 7) is -0.853. The van der Waals surface area contributed by atoms with E-state index in [1.165, 1.54) is 0 Å². The van der Waals surface area contributed by atoms with Gasteiger partial charge < -0.3 is 10.0 Å². The van der Waals surface area contributed by atoms with Crippen LogP contribution in [0, 0.1) is 16.7 Å². The molecule has 118 valence electrons. The standard InChI is InChI=1S/C14H18F3NO3/c15-14(16,17)13(11(20)21)5-6-18(8-13)10(19)9-7-12(9)3-1-2-4-12/h9H,1-8H2,(H,20,21). The summed E-state index contributed by atoms with van der Waals surface area (Å²) < 4.78 is 39.3. The van der Waals surface area contributed by atoms with Gasteiger partial charge in [-0.05, 0) is 31.1 Å². The number of hydrogen-bond acceptors (Lipinski definition) is 2. The Hall–Kier alpha value is -1.27. The maximum Gasteiger partial charge on any atom is 0.406 e. The summed E-state index contributed by atoms with van der Waals surface area (Å²) in [7, 11) is 0. The van der Waals surface area contributed by atoms with Crippen molar-refractivity contribution in [3.63, 3.8) is 0 Å². The number of rotatable bonds is 2. The molecule has 0 radical (unpaired) electrons. The molecule has 3 rings (SSSR count). The van der Waals surface area contributed by atoms with E-state index in [4.69, 9.17) is 5.11 Å². The minimum absolute atomic E-state index is 0.0176.